The van der Waals surface area contributed by atoms with E-state index in [1.165, 1.54) is 12.1 Å². The lowest BCUT2D eigenvalue weighted by Crippen LogP contribution is -2.19. The number of nitro groups is 1. The summed E-state index contributed by atoms with van der Waals surface area (Å²) in [7, 11) is 1.86. The predicted octanol–water partition coefficient (Wildman–Crippen LogP) is 2.84. The van der Waals surface area contributed by atoms with Crippen LogP contribution >= 0.6 is 0 Å². The lowest BCUT2D eigenvalue weighted by atomic mass is 10.1. The van der Waals surface area contributed by atoms with Crippen LogP contribution in [0.15, 0.2) is 12.1 Å². The molecule has 1 aromatic rings. The van der Waals surface area contributed by atoms with Crippen LogP contribution in [0.1, 0.15) is 18.9 Å². The highest BCUT2D eigenvalue weighted by Gasteiger charge is 2.19. The SMILES string of the molecule is CCCN(C)c1cc(NC(=O)O)c([N+](=O)[O-])cc1C. The molecule has 0 saturated carbocycles. The van der Waals surface area contributed by atoms with Crippen molar-refractivity contribution >= 4 is 23.2 Å². The van der Waals surface area contributed by atoms with E-state index in [1.54, 1.807) is 6.92 Å². The van der Waals surface area contributed by atoms with Crippen molar-refractivity contribution < 1.29 is 14.8 Å². The third-order valence-electron chi connectivity index (χ3n) is 2.72. The maximum absolute atomic E-state index is 10.9. The maximum atomic E-state index is 10.9. The van der Waals surface area contributed by atoms with E-state index in [9.17, 15) is 14.9 Å². The Morgan fingerprint density at radius 2 is 2.16 bits per heavy atom. The Morgan fingerprint density at radius 1 is 1.53 bits per heavy atom. The fraction of sp³-hybridized carbons (Fsp3) is 0.417. The highest BCUT2D eigenvalue weighted by Crippen LogP contribution is 2.32. The normalized spacial score (nSPS) is 10.1. The van der Waals surface area contributed by atoms with Gasteiger partial charge in [0, 0.05) is 25.3 Å². The van der Waals surface area contributed by atoms with E-state index in [0.717, 1.165) is 24.2 Å². The van der Waals surface area contributed by atoms with Gasteiger partial charge in [0.25, 0.3) is 5.69 Å². The van der Waals surface area contributed by atoms with Crippen LogP contribution in [0.25, 0.3) is 0 Å². The van der Waals surface area contributed by atoms with Gasteiger partial charge in [-0.05, 0) is 25.0 Å². The smallest absolute Gasteiger partial charge is 0.409 e. The number of hydrogen-bond donors (Lipinski definition) is 2. The molecule has 1 rings (SSSR count). The second kappa shape index (κ2) is 6.03. The summed E-state index contributed by atoms with van der Waals surface area (Å²) in [6.07, 6.45) is -0.398. The van der Waals surface area contributed by atoms with Gasteiger partial charge in [-0.3, -0.25) is 15.4 Å². The van der Waals surface area contributed by atoms with Gasteiger partial charge >= 0.3 is 6.09 Å². The Kier molecular flexibility index (Phi) is 4.68. The second-order valence-corrected chi connectivity index (χ2v) is 4.26. The molecule has 7 nitrogen and oxygen atoms in total. The number of carboxylic acid groups (broad SMARTS) is 1. The zero-order valence-electron chi connectivity index (χ0n) is 11.1. The van der Waals surface area contributed by atoms with E-state index >= 15 is 0 Å². The van der Waals surface area contributed by atoms with E-state index < -0.39 is 11.0 Å². The Labute approximate surface area is 111 Å². The summed E-state index contributed by atoms with van der Waals surface area (Å²) >= 11 is 0. The number of nitro benzene ring substituents is 1. The average Bonchev–Trinajstić information content (AvgIpc) is 2.30. The number of anilines is 2. The van der Waals surface area contributed by atoms with E-state index in [4.69, 9.17) is 5.11 Å². The number of hydrogen-bond acceptors (Lipinski definition) is 4. The number of nitrogens with one attached hydrogen (secondary N) is 1. The molecular weight excluding hydrogens is 250 g/mol. The molecule has 1 aromatic carbocycles. The molecule has 0 aromatic heterocycles. The highest BCUT2D eigenvalue weighted by atomic mass is 16.6. The fourth-order valence-electron chi connectivity index (χ4n) is 1.91. The molecule has 19 heavy (non-hydrogen) atoms. The molecule has 104 valence electrons. The van der Waals surface area contributed by atoms with E-state index in [2.05, 4.69) is 5.32 Å². The number of benzene rings is 1. The van der Waals surface area contributed by atoms with Gasteiger partial charge in [0.15, 0.2) is 0 Å². The molecule has 0 aliphatic rings. The first-order valence-corrected chi connectivity index (χ1v) is 5.87. The third-order valence-corrected chi connectivity index (χ3v) is 2.72. The summed E-state index contributed by atoms with van der Waals surface area (Å²) in [6.45, 7) is 4.57. The minimum Gasteiger partial charge on any atom is -0.465 e. The van der Waals surface area contributed by atoms with Gasteiger partial charge in [-0.15, -0.1) is 0 Å². The van der Waals surface area contributed by atoms with Gasteiger partial charge in [-0.25, -0.2) is 4.79 Å². The minimum atomic E-state index is -1.32. The van der Waals surface area contributed by atoms with Crippen molar-refractivity contribution in [1.29, 1.82) is 0 Å². The molecule has 7 heteroatoms. The molecule has 2 N–H and O–H groups in total. The van der Waals surface area contributed by atoms with Crippen molar-refractivity contribution in [2.24, 2.45) is 0 Å². The predicted molar refractivity (Wildman–Crippen MR) is 73.0 cm³/mol. The van der Waals surface area contributed by atoms with E-state index in [-0.39, 0.29) is 11.4 Å². The van der Waals surface area contributed by atoms with Crippen LogP contribution in [0.2, 0.25) is 0 Å². The van der Waals surface area contributed by atoms with E-state index in [0.29, 0.717) is 0 Å². The first kappa shape index (κ1) is 14.7. The molecule has 0 bridgehead atoms. The lowest BCUT2D eigenvalue weighted by Gasteiger charge is -2.21. The Morgan fingerprint density at radius 3 is 2.63 bits per heavy atom. The van der Waals surface area contributed by atoms with Crippen LogP contribution in [-0.2, 0) is 0 Å². The highest BCUT2D eigenvalue weighted by molar-refractivity contribution is 5.88. The summed E-state index contributed by atoms with van der Waals surface area (Å²) < 4.78 is 0. The van der Waals surface area contributed by atoms with Gasteiger partial charge in [0.1, 0.15) is 5.69 Å². The molecule has 0 aliphatic heterocycles. The Hall–Kier alpha value is -2.31. The second-order valence-electron chi connectivity index (χ2n) is 4.26. The van der Waals surface area contributed by atoms with E-state index in [1.807, 2.05) is 18.9 Å². The average molecular weight is 267 g/mol. The number of rotatable bonds is 5. The monoisotopic (exact) mass is 267 g/mol. The molecule has 0 radical (unpaired) electrons. The van der Waals surface area contributed by atoms with Crippen molar-refractivity contribution in [1.82, 2.24) is 0 Å². The molecule has 0 spiro atoms. The van der Waals surface area contributed by atoms with Crippen molar-refractivity contribution in [3.8, 4) is 0 Å². The first-order chi connectivity index (χ1) is 8.86. The topological polar surface area (TPSA) is 95.7 Å². The van der Waals surface area contributed by atoms with Crippen molar-refractivity contribution in [3.05, 3.63) is 27.8 Å². The van der Waals surface area contributed by atoms with Crippen LogP contribution in [0.5, 0.6) is 0 Å². The molecule has 0 aliphatic carbocycles. The summed E-state index contributed by atoms with van der Waals surface area (Å²) in [5.41, 5.74) is 1.25. The van der Waals surface area contributed by atoms with Crippen molar-refractivity contribution in [3.63, 3.8) is 0 Å². The molecular formula is C12H17N3O4. The summed E-state index contributed by atoms with van der Waals surface area (Å²) in [6, 6.07) is 2.88. The fourth-order valence-corrected chi connectivity index (χ4v) is 1.91. The summed E-state index contributed by atoms with van der Waals surface area (Å²) in [5, 5.41) is 21.7. The van der Waals surface area contributed by atoms with Gasteiger partial charge in [0.2, 0.25) is 0 Å². The van der Waals surface area contributed by atoms with Gasteiger partial charge in [0.05, 0.1) is 4.92 Å². The van der Waals surface area contributed by atoms with Crippen LogP contribution in [0.4, 0.5) is 21.9 Å². The quantitative estimate of drug-likeness (QED) is 0.631. The van der Waals surface area contributed by atoms with Crippen LogP contribution in [0, 0.1) is 17.0 Å². The number of aryl methyl sites for hydroxylation is 1. The van der Waals surface area contributed by atoms with Gasteiger partial charge in [-0.2, -0.15) is 0 Å². The molecule has 0 fully saturated rings. The van der Waals surface area contributed by atoms with Crippen LogP contribution < -0.4 is 10.2 Å². The Balaban J connectivity index is 3.28. The summed E-state index contributed by atoms with van der Waals surface area (Å²) in [5.74, 6) is 0. The van der Waals surface area contributed by atoms with Crippen LogP contribution in [-0.4, -0.2) is 29.7 Å². The zero-order valence-corrected chi connectivity index (χ0v) is 11.1. The molecule has 0 saturated heterocycles. The molecule has 0 heterocycles. The van der Waals surface area contributed by atoms with Crippen molar-refractivity contribution in [2.75, 3.05) is 23.8 Å². The third kappa shape index (κ3) is 3.57. The lowest BCUT2D eigenvalue weighted by molar-refractivity contribution is -0.384. The van der Waals surface area contributed by atoms with Crippen molar-refractivity contribution in [2.45, 2.75) is 20.3 Å². The maximum Gasteiger partial charge on any atom is 0.409 e. The first-order valence-electron chi connectivity index (χ1n) is 5.87. The standard InChI is InChI=1S/C12H17N3O4/c1-4-5-14(3)10-7-9(13-12(16)17)11(15(18)19)6-8(10)2/h6-7,13H,4-5H2,1-3H3,(H,16,17). The summed E-state index contributed by atoms with van der Waals surface area (Å²) in [4.78, 5) is 23.0. The largest absolute Gasteiger partial charge is 0.465 e. The number of carbonyl (C=O) groups is 1. The van der Waals surface area contributed by atoms with Gasteiger partial charge in [-0.1, -0.05) is 6.92 Å². The zero-order chi connectivity index (χ0) is 14.6. The number of nitrogens with zero attached hydrogens (tertiary/aromatic N) is 2. The molecule has 0 unspecified atom stereocenters. The van der Waals surface area contributed by atoms with Gasteiger partial charge < -0.3 is 10.0 Å². The number of amides is 1. The Bertz CT molecular complexity index is 502. The minimum absolute atomic E-state index is 0.0129. The molecule has 1 amide bonds. The van der Waals surface area contributed by atoms with Crippen LogP contribution in [0.3, 0.4) is 0 Å². The molecule has 0 atom stereocenters.